The van der Waals surface area contributed by atoms with Gasteiger partial charge in [0.25, 0.3) is 0 Å². The maximum atomic E-state index is 10.7. The minimum absolute atomic E-state index is 0.222. The number of hydrogen-bond donors (Lipinski definition) is 2. The molecule has 1 aromatic carbocycles. The third-order valence-electron chi connectivity index (χ3n) is 4.79. The molecule has 0 amide bonds. The standard InChI is InChI=1S/C18H28N2O2/c1-3-10-20-12-13(2)22-17-5-4-15(11-16(17)20)18(21)14-6-8-19-9-7-14/h4-5,11,13-14,18-19,21H,3,6-10,12H2,1-2H3. The van der Waals surface area contributed by atoms with E-state index in [-0.39, 0.29) is 12.2 Å². The number of nitrogens with zero attached hydrogens (tertiary/aromatic N) is 1. The van der Waals surface area contributed by atoms with Crippen molar-refractivity contribution in [2.24, 2.45) is 5.92 Å². The van der Waals surface area contributed by atoms with Crippen LogP contribution < -0.4 is 15.0 Å². The number of anilines is 1. The van der Waals surface area contributed by atoms with E-state index < -0.39 is 0 Å². The van der Waals surface area contributed by atoms with Gasteiger partial charge in [0.05, 0.1) is 18.3 Å². The number of piperidine rings is 1. The van der Waals surface area contributed by atoms with Gasteiger partial charge in [-0.3, -0.25) is 0 Å². The van der Waals surface area contributed by atoms with Crippen LogP contribution in [0.25, 0.3) is 0 Å². The fourth-order valence-electron chi connectivity index (χ4n) is 3.64. The molecule has 0 radical (unpaired) electrons. The summed E-state index contributed by atoms with van der Waals surface area (Å²) >= 11 is 0. The van der Waals surface area contributed by atoms with E-state index in [1.807, 2.05) is 12.1 Å². The highest BCUT2D eigenvalue weighted by Crippen LogP contribution is 2.38. The Kier molecular flexibility index (Phi) is 4.89. The third-order valence-corrected chi connectivity index (χ3v) is 4.79. The zero-order chi connectivity index (χ0) is 15.5. The fourth-order valence-corrected chi connectivity index (χ4v) is 3.64. The Bertz CT molecular complexity index is 500. The smallest absolute Gasteiger partial charge is 0.143 e. The van der Waals surface area contributed by atoms with Crippen LogP contribution in [0.4, 0.5) is 5.69 Å². The van der Waals surface area contributed by atoms with Gasteiger partial charge in [-0.25, -0.2) is 0 Å². The molecule has 0 aromatic heterocycles. The van der Waals surface area contributed by atoms with Crippen molar-refractivity contribution < 1.29 is 9.84 Å². The van der Waals surface area contributed by atoms with Crippen molar-refractivity contribution in [1.29, 1.82) is 0 Å². The number of ether oxygens (including phenoxy) is 1. The van der Waals surface area contributed by atoms with Gasteiger partial charge in [-0.15, -0.1) is 0 Å². The zero-order valence-corrected chi connectivity index (χ0v) is 13.7. The van der Waals surface area contributed by atoms with Crippen molar-refractivity contribution in [1.82, 2.24) is 5.32 Å². The summed E-state index contributed by atoms with van der Waals surface area (Å²) in [5.74, 6) is 1.32. The molecule has 2 heterocycles. The van der Waals surface area contributed by atoms with E-state index in [0.29, 0.717) is 5.92 Å². The number of fused-ring (bicyclic) bond motifs is 1. The summed E-state index contributed by atoms with van der Waals surface area (Å²) in [6.07, 6.45) is 3.07. The second-order valence-electron chi connectivity index (χ2n) is 6.63. The van der Waals surface area contributed by atoms with E-state index in [2.05, 4.69) is 30.1 Å². The Morgan fingerprint density at radius 1 is 1.36 bits per heavy atom. The molecule has 2 atom stereocenters. The topological polar surface area (TPSA) is 44.7 Å². The molecule has 1 aromatic rings. The van der Waals surface area contributed by atoms with Crippen molar-refractivity contribution in [2.45, 2.75) is 45.3 Å². The van der Waals surface area contributed by atoms with Crippen LogP contribution in [0.1, 0.15) is 44.8 Å². The molecule has 2 N–H and O–H groups in total. The molecule has 4 heteroatoms. The van der Waals surface area contributed by atoms with Crippen molar-refractivity contribution in [3.63, 3.8) is 0 Å². The molecule has 1 fully saturated rings. The molecule has 0 spiro atoms. The molecule has 4 nitrogen and oxygen atoms in total. The van der Waals surface area contributed by atoms with Crippen LogP contribution in [0.2, 0.25) is 0 Å². The summed E-state index contributed by atoms with van der Waals surface area (Å²) in [6.45, 7) is 8.29. The van der Waals surface area contributed by atoms with Crippen LogP contribution >= 0.6 is 0 Å². The number of hydrogen-bond acceptors (Lipinski definition) is 4. The van der Waals surface area contributed by atoms with Gasteiger partial charge in [0.2, 0.25) is 0 Å². The highest BCUT2D eigenvalue weighted by Gasteiger charge is 2.27. The number of aliphatic hydroxyl groups is 1. The van der Waals surface area contributed by atoms with Gasteiger partial charge in [-0.05, 0) is 62.9 Å². The number of nitrogens with one attached hydrogen (secondary N) is 1. The quantitative estimate of drug-likeness (QED) is 0.898. The van der Waals surface area contributed by atoms with Gasteiger partial charge in [-0.1, -0.05) is 13.0 Å². The van der Waals surface area contributed by atoms with E-state index in [0.717, 1.165) is 62.4 Å². The maximum absolute atomic E-state index is 10.7. The molecular formula is C18H28N2O2. The van der Waals surface area contributed by atoms with E-state index in [1.54, 1.807) is 0 Å². The first-order valence-corrected chi connectivity index (χ1v) is 8.63. The molecule has 0 bridgehead atoms. The first kappa shape index (κ1) is 15.6. The predicted octanol–water partition coefficient (Wildman–Crippen LogP) is 2.72. The largest absolute Gasteiger partial charge is 0.487 e. The molecule has 22 heavy (non-hydrogen) atoms. The lowest BCUT2D eigenvalue weighted by atomic mass is 9.88. The van der Waals surface area contributed by atoms with E-state index >= 15 is 0 Å². The Hall–Kier alpha value is -1.26. The second-order valence-corrected chi connectivity index (χ2v) is 6.63. The Labute approximate surface area is 133 Å². The minimum Gasteiger partial charge on any atom is -0.487 e. The lowest BCUT2D eigenvalue weighted by Crippen LogP contribution is -2.39. The van der Waals surface area contributed by atoms with Crippen LogP contribution in [0.3, 0.4) is 0 Å². The van der Waals surface area contributed by atoms with Crippen LogP contribution in [0, 0.1) is 5.92 Å². The molecular weight excluding hydrogens is 276 g/mol. The summed E-state index contributed by atoms with van der Waals surface area (Å²) < 4.78 is 5.96. The van der Waals surface area contributed by atoms with Crippen LogP contribution in [-0.2, 0) is 0 Å². The molecule has 3 rings (SSSR count). The monoisotopic (exact) mass is 304 g/mol. The summed E-state index contributed by atoms with van der Waals surface area (Å²) in [5.41, 5.74) is 2.18. The molecule has 1 saturated heterocycles. The SMILES string of the molecule is CCCN1CC(C)Oc2ccc(C(O)C3CCNCC3)cc21. The Morgan fingerprint density at radius 3 is 2.86 bits per heavy atom. The highest BCUT2D eigenvalue weighted by atomic mass is 16.5. The highest BCUT2D eigenvalue weighted by molar-refractivity contribution is 5.62. The van der Waals surface area contributed by atoms with Crippen molar-refractivity contribution in [3.05, 3.63) is 23.8 Å². The summed E-state index contributed by atoms with van der Waals surface area (Å²) in [4.78, 5) is 2.39. The molecule has 122 valence electrons. The Balaban J connectivity index is 1.83. The number of aliphatic hydroxyl groups excluding tert-OH is 1. The van der Waals surface area contributed by atoms with Crippen LogP contribution in [0.15, 0.2) is 18.2 Å². The first-order chi connectivity index (χ1) is 10.7. The predicted molar refractivity (Wildman–Crippen MR) is 89.6 cm³/mol. The zero-order valence-electron chi connectivity index (χ0n) is 13.7. The maximum Gasteiger partial charge on any atom is 0.143 e. The van der Waals surface area contributed by atoms with Gasteiger partial charge in [0, 0.05) is 6.54 Å². The summed E-state index contributed by atoms with van der Waals surface area (Å²) in [6, 6.07) is 6.21. The van der Waals surface area contributed by atoms with Crippen LogP contribution in [-0.4, -0.2) is 37.4 Å². The molecule has 0 aliphatic carbocycles. The summed E-state index contributed by atoms with van der Waals surface area (Å²) in [5, 5.41) is 14.1. The van der Waals surface area contributed by atoms with Gasteiger partial charge < -0.3 is 20.1 Å². The summed E-state index contributed by atoms with van der Waals surface area (Å²) in [7, 11) is 0. The fraction of sp³-hybridized carbons (Fsp3) is 0.667. The molecule has 2 aliphatic heterocycles. The lowest BCUT2D eigenvalue weighted by Gasteiger charge is -2.36. The van der Waals surface area contributed by atoms with E-state index in [1.165, 1.54) is 0 Å². The molecule has 2 unspecified atom stereocenters. The van der Waals surface area contributed by atoms with E-state index in [9.17, 15) is 5.11 Å². The second kappa shape index (κ2) is 6.88. The van der Waals surface area contributed by atoms with Gasteiger partial charge >= 0.3 is 0 Å². The minimum atomic E-state index is -0.366. The average Bonchev–Trinajstić information content (AvgIpc) is 2.55. The number of rotatable bonds is 4. The van der Waals surface area contributed by atoms with Gasteiger partial charge in [0.1, 0.15) is 11.9 Å². The van der Waals surface area contributed by atoms with Crippen LogP contribution in [0.5, 0.6) is 5.75 Å². The van der Waals surface area contributed by atoms with Crippen molar-refractivity contribution >= 4 is 5.69 Å². The van der Waals surface area contributed by atoms with E-state index in [4.69, 9.17) is 4.74 Å². The average molecular weight is 304 g/mol. The van der Waals surface area contributed by atoms with Gasteiger partial charge in [0.15, 0.2) is 0 Å². The molecule has 0 saturated carbocycles. The molecule has 2 aliphatic rings. The van der Waals surface area contributed by atoms with Gasteiger partial charge in [-0.2, -0.15) is 0 Å². The normalized spacial score (nSPS) is 23.8. The third kappa shape index (κ3) is 3.23. The first-order valence-electron chi connectivity index (χ1n) is 8.63. The number of benzene rings is 1. The van der Waals surface area contributed by atoms with Crippen molar-refractivity contribution in [2.75, 3.05) is 31.1 Å². The lowest BCUT2D eigenvalue weighted by molar-refractivity contribution is 0.0888. The Morgan fingerprint density at radius 2 is 2.14 bits per heavy atom. The van der Waals surface area contributed by atoms with Crippen molar-refractivity contribution in [3.8, 4) is 5.75 Å².